The van der Waals surface area contributed by atoms with Gasteiger partial charge < -0.3 is 19.2 Å². The molecule has 1 saturated carbocycles. The van der Waals surface area contributed by atoms with Crippen molar-refractivity contribution in [3.05, 3.63) is 47.2 Å². The Kier molecular flexibility index (Phi) is 8.58. The summed E-state index contributed by atoms with van der Waals surface area (Å²) in [4.78, 5) is 52.3. The van der Waals surface area contributed by atoms with Gasteiger partial charge in [0.2, 0.25) is 5.91 Å². The monoisotopic (exact) mass is 513 g/mol. The van der Waals surface area contributed by atoms with E-state index in [-0.39, 0.29) is 25.3 Å². The van der Waals surface area contributed by atoms with E-state index in [2.05, 4.69) is 25.6 Å². The molecule has 3 rings (SSSR count). The topological polar surface area (TPSA) is 176 Å². The van der Waals surface area contributed by atoms with Gasteiger partial charge in [0.25, 0.3) is 0 Å². The lowest BCUT2D eigenvalue weighted by Gasteiger charge is -2.19. The minimum absolute atomic E-state index is 0.0409. The number of hydrazine groups is 1. The SMILES string of the molecule is CCOC(=O)C(=O)NNC(=O)Cc1cc(C2CC2)cn2cc(CN/C=C(\N=N)C(=O)OC(C)(C)C)nc12. The summed E-state index contributed by atoms with van der Waals surface area (Å²) in [5.41, 5.74) is 13.5. The van der Waals surface area contributed by atoms with Gasteiger partial charge in [-0.1, -0.05) is 0 Å². The summed E-state index contributed by atoms with van der Waals surface area (Å²) in [6, 6.07) is 1.92. The second-order valence-corrected chi connectivity index (χ2v) is 9.46. The summed E-state index contributed by atoms with van der Waals surface area (Å²) in [7, 11) is 0. The number of imidazole rings is 1. The molecule has 0 radical (unpaired) electrons. The lowest BCUT2D eigenvalue weighted by atomic mass is 10.1. The van der Waals surface area contributed by atoms with Crippen LogP contribution in [-0.2, 0) is 41.6 Å². The van der Waals surface area contributed by atoms with Crippen LogP contribution in [0.5, 0.6) is 0 Å². The molecular formula is C24H31N7O6. The highest BCUT2D eigenvalue weighted by Gasteiger charge is 2.26. The van der Waals surface area contributed by atoms with Gasteiger partial charge >= 0.3 is 17.8 Å². The number of hydrogen-bond acceptors (Lipinski definition) is 10. The third-order valence-electron chi connectivity index (χ3n) is 5.12. The number of ether oxygens (including phenoxy) is 2. The van der Waals surface area contributed by atoms with Crippen LogP contribution in [0.2, 0.25) is 0 Å². The first-order chi connectivity index (χ1) is 17.5. The van der Waals surface area contributed by atoms with Crippen LogP contribution in [0.15, 0.2) is 35.5 Å². The van der Waals surface area contributed by atoms with Crippen LogP contribution in [-0.4, -0.2) is 45.3 Å². The molecule has 37 heavy (non-hydrogen) atoms. The molecule has 2 amide bonds. The first-order valence-corrected chi connectivity index (χ1v) is 11.8. The van der Waals surface area contributed by atoms with Crippen molar-refractivity contribution in [3.8, 4) is 0 Å². The van der Waals surface area contributed by atoms with Gasteiger partial charge in [-0.05, 0) is 58.1 Å². The zero-order valence-corrected chi connectivity index (χ0v) is 21.2. The summed E-state index contributed by atoms with van der Waals surface area (Å²) < 4.78 is 11.6. The van der Waals surface area contributed by atoms with Gasteiger partial charge in [0.1, 0.15) is 11.2 Å². The summed E-state index contributed by atoms with van der Waals surface area (Å²) in [6.45, 7) is 7.00. The number of nitrogens with one attached hydrogen (secondary N) is 4. The fourth-order valence-electron chi connectivity index (χ4n) is 3.41. The molecule has 0 unspecified atom stereocenters. The second-order valence-electron chi connectivity index (χ2n) is 9.46. The number of hydrogen-bond donors (Lipinski definition) is 4. The molecule has 1 fully saturated rings. The average Bonchev–Trinajstić information content (AvgIpc) is 3.59. The molecule has 13 nitrogen and oxygen atoms in total. The van der Waals surface area contributed by atoms with Crippen LogP contribution in [0.3, 0.4) is 0 Å². The summed E-state index contributed by atoms with van der Waals surface area (Å²) >= 11 is 0. The molecule has 0 saturated heterocycles. The van der Waals surface area contributed by atoms with Crippen molar-refractivity contribution in [2.45, 2.75) is 65.0 Å². The highest BCUT2D eigenvalue weighted by atomic mass is 16.6. The molecule has 0 atom stereocenters. The fraction of sp³-hybridized carbons (Fsp3) is 0.458. The molecule has 2 heterocycles. The van der Waals surface area contributed by atoms with E-state index in [1.54, 1.807) is 33.9 Å². The third-order valence-corrected chi connectivity index (χ3v) is 5.12. The number of pyridine rings is 1. The molecule has 0 aliphatic heterocycles. The molecule has 4 N–H and O–H groups in total. The van der Waals surface area contributed by atoms with Gasteiger partial charge in [-0.25, -0.2) is 20.1 Å². The van der Waals surface area contributed by atoms with Gasteiger partial charge in [-0.3, -0.25) is 20.4 Å². The predicted octanol–water partition coefficient (Wildman–Crippen LogP) is 1.77. The normalized spacial score (nSPS) is 13.6. The van der Waals surface area contributed by atoms with E-state index in [1.807, 2.05) is 22.1 Å². The number of aromatic nitrogens is 2. The van der Waals surface area contributed by atoms with Crippen LogP contribution in [0.25, 0.3) is 5.65 Å². The quantitative estimate of drug-likeness (QED) is 0.129. The summed E-state index contributed by atoms with van der Waals surface area (Å²) in [5.74, 6) is -3.00. The van der Waals surface area contributed by atoms with Crippen molar-refractivity contribution in [3.63, 3.8) is 0 Å². The number of fused-ring (bicyclic) bond motifs is 1. The largest absolute Gasteiger partial charge is 0.459 e. The number of carbonyl (C=O) groups is 4. The van der Waals surface area contributed by atoms with Gasteiger partial charge in [0, 0.05) is 24.2 Å². The van der Waals surface area contributed by atoms with Crippen molar-refractivity contribution in [2.24, 2.45) is 5.11 Å². The van der Waals surface area contributed by atoms with E-state index in [9.17, 15) is 19.2 Å². The van der Waals surface area contributed by atoms with E-state index in [4.69, 9.17) is 10.3 Å². The second kappa shape index (κ2) is 11.6. The van der Waals surface area contributed by atoms with E-state index < -0.39 is 29.4 Å². The lowest BCUT2D eigenvalue weighted by Crippen LogP contribution is -2.46. The molecular weight excluding hydrogens is 482 g/mol. The Morgan fingerprint density at radius 2 is 1.92 bits per heavy atom. The molecule has 1 aliphatic rings. The summed E-state index contributed by atoms with van der Waals surface area (Å²) in [6.07, 6.45) is 7.10. The molecule has 2 aromatic heterocycles. The van der Waals surface area contributed by atoms with Crippen molar-refractivity contribution < 1.29 is 28.7 Å². The molecule has 13 heteroatoms. The van der Waals surface area contributed by atoms with Crippen LogP contribution < -0.4 is 16.2 Å². The first kappa shape index (κ1) is 27.3. The number of esters is 2. The van der Waals surface area contributed by atoms with Gasteiger partial charge in [0.15, 0.2) is 5.70 Å². The predicted molar refractivity (Wildman–Crippen MR) is 130 cm³/mol. The Balaban J connectivity index is 1.72. The zero-order chi connectivity index (χ0) is 27.2. The Bertz CT molecular complexity index is 1240. The fourth-order valence-corrected chi connectivity index (χ4v) is 3.41. The number of rotatable bonds is 9. The number of carbonyl (C=O) groups excluding carboxylic acids is 4. The maximum atomic E-state index is 12.5. The Hall–Kier alpha value is -4.29. The smallest absolute Gasteiger partial charge is 0.398 e. The van der Waals surface area contributed by atoms with E-state index >= 15 is 0 Å². The van der Waals surface area contributed by atoms with Crippen LogP contribution in [0, 0.1) is 5.53 Å². The molecule has 198 valence electrons. The minimum Gasteiger partial charge on any atom is -0.459 e. The minimum atomic E-state index is -1.09. The van der Waals surface area contributed by atoms with Crippen molar-refractivity contribution >= 4 is 29.4 Å². The first-order valence-electron chi connectivity index (χ1n) is 11.8. The van der Waals surface area contributed by atoms with Gasteiger partial charge in [-0.15, -0.1) is 5.11 Å². The number of amides is 2. The highest BCUT2D eigenvalue weighted by Crippen LogP contribution is 2.40. The third kappa shape index (κ3) is 7.85. The van der Waals surface area contributed by atoms with Crippen molar-refractivity contribution in [2.75, 3.05) is 6.61 Å². The van der Waals surface area contributed by atoms with E-state index in [0.717, 1.165) is 18.4 Å². The standard InChI is InChI=1S/C24H31N7O6/c1-5-36-23(35)21(33)30-29-19(32)9-15-8-16(14-6-7-14)12-31-13-17(27-20(15)31)10-26-11-18(28-25)22(34)37-24(2,3)4/h8,11-14,25-26H,5-7,9-10H2,1-4H3,(H,29,32)(H,30,33)/b18-11-,28-25?. The van der Waals surface area contributed by atoms with Crippen LogP contribution in [0.4, 0.5) is 0 Å². The molecule has 2 aromatic rings. The lowest BCUT2D eigenvalue weighted by molar-refractivity contribution is -0.155. The van der Waals surface area contributed by atoms with Gasteiger partial charge in [0.05, 0.1) is 25.3 Å². The highest BCUT2D eigenvalue weighted by molar-refractivity contribution is 6.32. The summed E-state index contributed by atoms with van der Waals surface area (Å²) in [5, 5.41) is 6.15. The molecule has 0 aromatic carbocycles. The Morgan fingerprint density at radius 3 is 2.54 bits per heavy atom. The zero-order valence-electron chi connectivity index (χ0n) is 21.2. The molecule has 0 bridgehead atoms. The molecule has 1 aliphatic carbocycles. The van der Waals surface area contributed by atoms with Crippen LogP contribution >= 0.6 is 0 Å². The van der Waals surface area contributed by atoms with Crippen molar-refractivity contribution in [1.82, 2.24) is 25.6 Å². The Labute approximate surface area is 213 Å². The number of nitrogens with zero attached hydrogens (tertiary/aromatic N) is 3. The average molecular weight is 514 g/mol. The van der Waals surface area contributed by atoms with Crippen molar-refractivity contribution in [1.29, 1.82) is 5.53 Å². The van der Waals surface area contributed by atoms with Crippen LogP contribution in [0.1, 0.15) is 63.3 Å². The maximum Gasteiger partial charge on any atom is 0.398 e. The maximum absolute atomic E-state index is 12.5. The van der Waals surface area contributed by atoms with E-state index in [1.165, 1.54) is 6.20 Å². The van der Waals surface area contributed by atoms with E-state index in [0.29, 0.717) is 22.8 Å². The van der Waals surface area contributed by atoms with Gasteiger partial charge in [-0.2, -0.15) is 0 Å². The Morgan fingerprint density at radius 1 is 1.19 bits per heavy atom. The molecule has 0 spiro atoms.